The first-order chi connectivity index (χ1) is 7.13. The van der Waals surface area contributed by atoms with E-state index in [4.69, 9.17) is 0 Å². The number of nitrogens with zero attached hydrogens (tertiary/aromatic N) is 1. The normalized spacial score (nSPS) is 9.80. The van der Waals surface area contributed by atoms with Gasteiger partial charge in [-0.2, -0.15) is 0 Å². The summed E-state index contributed by atoms with van der Waals surface area (Å²) < 4.78 is 0. The van der Waals surface area contributed by atoms with E-state index < -0.39 is 0 Å². The number of hydrogen-bond donors (Lipinski definition) is 0. The summed E-state index contributed by atoms with van der Waals surface area (Å²) in [6.07, 6.45) is 2.19. The van der Waals surface area contributed by atoms with E-state index in [1.807, 2.05) is 41.5 Å². The van der Waals surface area contributed by atoms with E-state index in [2.05, 4.69) is 25.2 Å². The van der Waals surface area contributed by atoms with Crippen LogP contribution in [0.1, 0.15) is 61.3 Å². The predicted octanol–water partition coefficient (Wildman–Crippen LogP) is 5.39. The summed E-state index contributed by atoms with van der Waals surface area (Å²) in [7, 11) is 0. The van der Waals surface area contributed by atoms with Gasteiger partial charge in [0.25, 0.3) is 0 Å². The molecule has 15 heavy (non-hydrogen) atoms. The average molecular weight is 211 g/mol. The Morgan fingerprint density at radius 1 is 1.07 bits per heavy atom. The Hall–Kier alpha value is -0.850. The third-order valence-corrected chi connectivity index (χ3v) is 1.69. The van der Waals surface area contributed by atoms with Crippen molar-refractivity contribution < 1.29 is 0 Å². The van der Waals surface area contributed by atoms with Gasteiger partial charge >= 0.3 is 0 Å². The van der Waals surface area contributed by atoms with E-state index in [0.717, 1.165) is 24.1 Å². The fourth-order valence-electron chi connectivity index (χ4n) is 1.05. The Morgan fingerprint density at radius 2 is 1.47 bits per heavy atom. The quantitative estimate of drug-likeness (QED) is 0.437. The van der Waals surface area contributed by atoms with Crippen molar-refractivity contribution in [3.8, 4) is 0 Å². The predicted molar refractivity (Wildman–Crippen MR) is 74.7 cm³/mol. The maximum atomic E-state index is 3.90. The van der Waals surface area contributed by atoms with Crippen LogP contribution in [0.4, 0.5) is 0 Å². The Labute approximate surface area is 97.0 Å². The van der Waals surface area contributed by atoms with Crippen LogP contribution in [0, 0.1) is 0 Å². The van der Waals surface area contributed by atoms with Crippen LogP contribution < -0.4 is 0 Å². The molecule has 0 N–H and O–H groups in total. The summed E-state index contributed by atoms with van der Waals surface area (Å²) in [5.74, 6) is 0. The molecule has 0 aliphatic rings. The maximum Gasteiger partial charge on any atom is 0.0399 e. The fourth-order valence-corrected chi connectivity index (χ4v) is 1.05. The lowest BCUT2D eigenvalue weighted by Crippen LogP contribution is -1.87. The molecule has 0 aliphatic carbocycles. The first-order valence-electron chi connectivity index (χ1n) is 5.95. The molecule has 0 bridgehead atoms. The minimum absolute atomic E-state index is 1.01. The molecule has 0 rings (SSSR count). The van der Waals surface area contributed by atoms with Crippen molar-refractivity contribution in [2.75, 3.05) is 0 Å². The summed E-state index contributed by atoms with van der Waals surface area (Å²) in [6, 6.07) is 0. The maximum absolute atomic E-state index is 3.90. The molecule has 0 aromatic heterocycles. The van der Waals surface area contributed by atoms with E-state index in [0.29, 0.717) is 0 Å². The highest BCUT2D eigenvalue weighted by molar-refractivity contribution is 5.36. The first kappa shape index (κ1) is 19.7. The van der Waals surface area contributed by atoms with Crippen LogP contribution in [0.15, 0.2) is 28.4 Å². The third kappa shape index (κ3) is 11.1. The molecular formula is C14H29N. The molecular weight excluding hydrogens is 182 g/mol. The van der Waals surface area contributed by atoms with E-state index >= 15 is 0 Å². The van der Waals surface area contributed by atoms with Crippen molar-refractivity contribution >= 4 is 6.72 Å². The third-order valence-electron chi connectivity index (χ3n) is 1.69. The van der Waals surface area contributed by atoms with Gasteiger partial charge in [0.15, 0.2) is 0 Å². The average Bonchev–Trinajstić information content (AvgIpc) is 2.30. The van der Waals surface area contributed by atoms with E-state index in [-0.39, 0.29) is 0 Å². The van der Waals surface area contributed by atoms with Gasteiger partial charge in [0.2, 0.25) is 0 Å². The highest BCUT2D eigenvalue weighted by Crippen LogP contribution is 2.18. The van der Waals surface area contributed by atoms with E-state index in [9.17, 15) is 0 Å². The molecule has 1 nitrogen and oxygen atoms in total. The largest absolute Gasteiger partial charge is 0.269 e. The SMILES string of the molecule is C=N/C(C)=C(\CCC)C(=C)C.CC.CC. The lowest BCUT2D eigenvalue weighted by atomic mass is 10.0. The molecule has 90 valence electrons. The van der Waals surface area contributed by atoms with Gasteiger partial charge in [0, 0.05) is 5.70 Å². The molecule has 0 unspecified atom stereocenters. The van der Waals surface area contributed by atoms with Crippen molar-refractivity contribution in [3.63, 3.8) is 0 Å². The Balaban J connectivity index is -0.000000318. The van der Waals surface area contributed by atoms with Crippen molar-refractivity contribution in [3.05, 3.63) is 23.4 Å². The minimum Gasteiger partial charge on any atom is -0.269 e. The van der Waals surface area contributed by atoms with Crippen LogP contribution >= 0.6 is 0 Å². The Bertz CT molecular complexity index is 188. The second-order valence-corrected chi connectivity index (χ2v) is 2.75. The van der Waals surface area contributed by atoms with Crippen molar-refractivity contribution in [2.45, 2.75) is 61.3 Å². The monoisotopic (exact) mass is 211 g/mol. The number of allylic oxidation sites excluding steroid dienone is 3. The zero-order chi connectivity index (χ0) is 12.9. The molecule has 0 aromatic rings. The molecule has 0 amide bonds. The highest BCUT2D eigenvalue weighted by atomic mass is 14.7. The molecule has 0 saturated heterocycles. The summed E-state index contributed by atoms with van der Waals surface area (Å²) in [6.45, 7) is 21.5. The van der Waals surface area contributed by atoms with Gasteiger partial charge in [-0.1, -0.05) is 53.2 Å². The van der Waals surface area contributed by atoms with E-state index in [1.54, 1.807) is 0 Å². The lowest BCUT2D eigenvalue weighted by molar-refractivity contribution is 0.895. The second kappa shape index (κ2) is 15.6. The minimum atomic E-state index is 1.01. The zero-order valence-corrected chi connectivity index (χ0v) is 11.8. The lowest BCUT2D eigenvalue weighted by Gasteiger charge is -2.06. The molecule has 0 heterocycles. The topological polar surface area (TPSA) is 12.4 Å². The van der Waals surface area contributed by atoms with Crippen LogP contribution in [-0.2, 0) is 0 Å². The van der Waals surface area contributed by atoms with Crippen LogP contribution in [0.2, 0.25) is 0 Å². The zero-order valence-electron chi connectivity index (χ0n) is 11.8. The molecule has 0 radical (unpaired) electrons. The number of hydrogen-bond acceptors (Lipinski definition) is 1. The smallest absolute Gasteiger partial charge is 0.0399 e. The van der Waals surface area contributed by atoms with Gasteiger partial charge in [-0.25, -0.2) is 0 Å². The van der Waals surface area contributed by atoms with Crippen LogP contribution in [0.25, 0.3) is 0 Å². The van der Waals surface area contributed by atoms with E-state index in [1.165, 1.54) is 5.57 Å². The van der Waals surface area contributed by atoms with Crippen molar-refractivity contribution in [2.24, 2.45) is 4.99 Å². The summed E-state index contributed by atoms with van der Waals surface area (Å²) >= 11 is 0. The van der Waals surface area contributed by atoms with Gasteiger partial charge in [-0.3, -0.25) is 4.99 Å². The summed E-state index contributed by atoms with van der Waals surface area (Å²) in [5, 5.41) is 0. The fraction of sp³-hybridized carbons (Fsp3) is 0.643. The van der Waals surface area contributed by atoms with Gasteiger partial charge in [0.05, 0.1) is 0 Å². The van der Waals surface area contributed by atoms with Crippen LogP contribution in [-0.4, -0.2) is 6.72 Å². The Morgan fingerprint density at radius 3 is 1.67 bits per heavy atom. The first-order valence-corrected chi connectivity index (χ1v) is 5.95. The van der Waals surface area contributed by atoms with Crippen LogP contribution in [0.3, 0.4) is 0 Å². The molecule has 0 spiro atoms. The highest BCUT2D eigenvalue weighted by Gasteiger charge is 2.00. The molecule has 0 fully saturated rings. The van der Waals surface area contributed by atoms with Crippen molar-refractivity contribution in [1.82, 2.24) is 0 Å². The van der Waals surface area contributed by atoms with Gasteiger partial charge in [-0.05, 0) is 32.6 Å². The molecule has 0 saturated carbocycles. The standard InChI is InChI=1S/C10H17N.2C2H6/c1-6-7-10(8(2)3)9(4)11-5;2*1-2/h2,5-7H2,1,3-4H3;2*1-2H3/b10-9+;;. The van der Waals surface area contributed by atoms with Gasteiger partial charge in [0.1, 0.15) is 0 Å². The number of rotatable bonds is 4. The second-order valence-electron chi connectivity index (χ2n) is 2.75. The summed E-state index contributed by atoms with van der Waals surface area (Å²) in [4.78, 5) is 3.90. The number of aliphatic imine (C=N–C) groups is 1. The van der Waals surface area contributed by atoms with Gasteiger partial charge < -0.3 is 0 Å². The van der Waals surface area contributed by atoms with Crippen molar-refractivity contribution in [1.29, 1.82) is 0 Å². The molecule has 0 aliphatic heterocycles. The molecule has 0 atom stereocenters. The summed E-state index contributed by atoms with van der Waals surface area (Å²) in [5.41, 5.74) is 3.37. The van der Waals surface area contributed by atoms with Crippen LogP contribution in [0.5, 0.6) is 0 Å². The Kier molecular flexibility index (Phi) is 20.5. The molecule has 0 aromatic carbocycles. The van der Waals surface area contributed by atoms with Gasteiger partial charge in [-0.15, -0.1) is 0 Å². The molecule has 1 heteroatoms.